The standard InChI is InChI=1S/C18H19N3O7/c1-4-11(2)28-14-7-5-6-12(8-14)18(22)19-13-9-15(20(23)24)17(27-3)16(10-13)21(25)26/h5-11H,4H2,1-3H3,(H,19,22). The van der Waals surface area contributed by atoms with E-state index in [0.717, 1.165) is 25.7 Å². The number of nitrogens with zero attached hydrogens (tertiary/aromatic N) is 2. The van der Waals surface area contributed by atoms with Gasteiger partial charge in [0.05, 0.1) is 28.7 Å². The second-order valence-electron chi connectivity index (χ2n) is 5.88. The lowest BCUT2D eigenvalue weighted by molar-refractivity contribution is -0.395. The first-order valence-corrected chi connectivity index (χ1v) is 8.35. The minimum atomic E-state index is -0.817. The summed E-state index contributed by atoms with van der Waals surface area (Å²) in [5, 5.41) is 24.9. The van der Waals surface area contributed by atoms with Crippen LogP contribution in [0, 0.1) is 20.2 Å². The third-order valence-corrected chi connectivity index (χ3v) is 3.91. The molecule has 0 aromatic heterocycles. The van der Waals surface area contributed by atoms with Crippen molar-refractivity contribution in [1.29, 1.82) is 0 Å². The van der Waals surface area contributed by atoms with Crippen LogP contribution >= 0.6 is 0 Å². The first-order chi connectivity index (χ1) is 13.3. The Bertz CT molecular complexity index is 879. The summed E-state index contributed by atoms with van der Waals surface area (Å²) in [5.41, 5.74) is -1.11. The topological polar surface area (TPSA) is 134 Å². The number of hydrogen-bond acceptors (Lipinski definition) is 7. The van der Waals surface area contributed by atoms with Crippen LogP contribution in [0.4, 0.5) is 17.1 Å². The van der Waals surface area contributed by atoms with E-state index in [1.165, 1.54) is 12.1 Å². The molecule has 1 atom stereocenters. The Hall–Kier alpha value is -3.69. The van der Waals surface area contributed by atoms with Gasteiger partial charge in [-0.2, -0.15) is 0 Å². The molecule has 0 radical (unpaired) electrons. The molecule has 2 aromatic rings. The molecule has 28 heavy (non-hydrogen) atoms. The van der Waals surface area contributed by atoms with Crippen LogP contribution in [0.5, 0.6) is 11.5 Å². The van der Waals surface area contributed by atoms with Crippen LogP contribution in [-0.2, 0) is 0 Å². The van der Waals surface area contributed by atoms with Gasteiger partial charge in [-0.15, -0.1) is 0 Å². The largest absolute Gasteiger partial charge is 0.491 e. The average Bonchev–Trinajstić information content (AvgIpc) is 2.67. The molecule has 10 heteroatoms. The second kappa shape index (κ2) is 8.80. The van der Waals surface area contributed by atoms with E-state index in [2.05, 4.69) is 5.32 Å². The SMILES string of the molecule is CCC(C)Oc1cccc(C(=O)Nc2cc([N+](=O)[O-])c(OC)c([N+](=O)[O-])c2)c1. The van der Waals surface area contributed by atoms with Gasteiger partial charge in [0.25, 0.3) is 11.7 Å². The van der Waals surface area contributed by atoms with Crippen molar-refractivity contribution in [2.24, 2.45) is 0 Å². The Morgan fingerprint density at radius 3 is 2.25 bits per heavy atom. The van der Waals surface area contributed by atoms with E-state index in [0.29, 0.717) is 5.75 Å². The molecule has 1 unspecified atom stereocenters. The number of rotatable bonds is 8. The quantitative estimate of drug-likeness (QED) is 0.534. The highest BCUT2D eigenvalue weighted by Crippen LogP contribution is 2.39. The Kier molecular flexibility index (Phi) is 6.48. The molecule has 10 nitrogen and oxygen atoms in total. The van der Waals surface area contributed by atoms with Crippen LogP contribution in [-0.4, -0.2) is 29.0 Å². The molecule has 0 aliphatic rings. The Morgan fingerprint density at radius 2 is 1.75 bits per heavy atom. The van der Waals surface area contributed by atoms with Gasteiger partial charge < -0.3 is 14.8 Å². The first-order valence-electron chi connectivity index (χ1n) is 8.35. The number of nitro benzene ring substituents is 2. The van der Waals surface area contributed by atoms with Crippen LogP contribution < -0.4 is 14.8 Å². The molecule has 0 fully saturated rings. The smallest absolute Gasteiger partial charge is 0.320 e. The predicted octanol–water partition coefficient (Wildman–Crippen LogP) is 3.94. The highest BCUT2D eigenvalue weighted by Gasteiger charge is 2.28. The van der Waals surface area contributed by atoms with E-state index in [1.54, 1.807) is 12.1 Å². The van der Waals surface area contributed by atoms with Gasteiger partial charge in [0.15, 0.2) is 0 Å². The van der Waals surface area contributed by atoms with Crippen molar-refractivity contribution in [2.45, 2.75) is 26.4 Å². The van der Waals surface area contributed by atoms with Crippen LogP contribution in [0.15, 0.2) is 36.4 Å². The van der Waals surface area contributed by atoms with Crippen LogP contribution in [0.1, 0.15) is 30.6 Å². The van der Waals surface area contributed by atoms with E-state index in [9.17, 15) is 25.0 Å². The zero-order chi connectivity index (χ0) is 20.8. The number of anilines is 1. The summed E-state index contributed by atoms with van der Waals surface area (Å²) in [7, 11) is 1.09. The summed E-state index contributed by atoms with van der Waals surface area (Å²) in [4.78, 5) is 33.3. The minimum absolute atomic E-state index is 0.0369. The molecule has 0 aliphatic carbocycles. The van der Waals surface area contributed by atoms with Gasteiger partial charge in [-0.05, 0) is 31.5 Å². The highest BCUT2D eigenvalue weighted by molar-refractivity contribution is 6.05. The number of hydrogen-bond donors (Lipinski definition) is 1. The van der Waals surface area contributed by atoms with Crippen molar-refractivity contribution in [2.75, 3.05) is 12.4 Å². The van der Waals surface area contributed by atoms with E-state index in [4.69, 9.17) is 9.47 Å². The van der Waals surface area contributed by atoms with Crippen molar-refractivity contribution in [3.8, 4) is 11.5 Å². The fraction of sp³-hybridized carbons (Fsp3) is 0.278. The predicted molar refractivity (Wildman–Crippen MR) is 101 cm³/mol. The molecule has 1 amide bonds. The molecular weight excluding hydrogens is 370 g/mol. The third kappa shape index (κ3) is 4.72. The summed E-state index contributed by atoms with van der Waals surface area (Å²) in [6.45, 7) is 3.85. The van der Waals surface area contributed by atoms with Gasteiger partial charge in [-0.3, -0.25) is 25.0 Å². The van der Waals surface area contributed by atoms with Crippen molar-refractivity contribution in [3.05, 3.63) is 62.2 Å². The van der Waals surface area contributed by atoms with Crippen molar-refractivity contribution in [1.82, 2.24) is 0 Å². The van der Waals surface area contributed by atoms with E-state index < -0.39 is 32.9 Å². The number of amides is 1. The van der Waals surface area contributed by atoms with Gasteiger partial charge in [0.2, 0.25) is 0 Å². The monoisotopic (exact) mass is 389 g/mol. The molecule has 148 valence electrons. The lowest BCUT2D eigenvalue weighted by atomic mass is 10.1. The van der Waals surface area contributed by atoms with Crippen LogP contribution in [0.3, 0.4) is 0 Å². The third-order valence-electron chi connectivity index (χ3n) is 3.91. The fourth-order valence-corrected chi connectivity index (χ4v) is 2.38. The molecule has 0 saturated carbocycles. The molecule has 0 bridgehead atoms. The minimum Gasteiger partial charge on any atom is -0.491 e. The maximum Gasteiger partial charge on any atom is 0.320 e. The van der Waals surface area contributed by atoms with Gasteiger partial charge in [0.1, 0.15) is 5.75 Å². The average molecular weight is 389 g/mol. The van der Waals surface area contributed by atoms with Crippen molar-refractivity contribution >= 4 is 23.0 Å². The lowest BCUT2D eigenvalue weighted by Gasteiger charge is -2.13. The first kappa shape index (κ1) is 20.6. The summed E-state index contributed by atoms with van der Waals surface area (Å²) in [5.74, 6) is -0.589. The second-order valence-corrected chi connectivity index (χ2v) is 5.88. The van der Waals surface area contributed by atoms with Gasteiger partial charge in [-0.25, -0.2) is 0 Å². The summed E-state index contributed by atoms with van der Waals surface area (Å²) in [6.07, 6.45) is 0.750. The number of ether oxygens (including phenoxy) is 2. The Morgan fingerprint density at radius 1 is 1.14 bits per heavy atom. The molecule has 2 aromatic carbocycles. The normalized spacial score (nSPS) is 11.4. The van der Waals surface area contributed by atoms with Crippen molar-refractivity contribution < 1.29 is 24.1 Å². The Labute approximate surface area is 160 Å². The molecule has 0 aliphatic heterocycles. The molecule has 1 N–H and O–H groups in total. The number of benzene rings is 2. The lowest BCUT2D eigenvalue weighted by Crippen LogP contribution is -2.14. The Balaban J connectivity index is 2.35. The van der Waals surface area contributed by atoms with Crippen LogP contribution in [0.25, 0.3) is 0 Å². The number of carbonyl (C=O) groups is 1. The zero-order valence-corrected chi connectivity index (χ0v) is 15.5. The number of methoxy groups -OCH3 is 1. The van der Waals surface area contributed by atoms with Gasteiger partial charge in [0, 0.05) is 17.7 Å². The summed E-state index contributed by atoms with van der Waals surface area (Å²) >= 11 is 0. The molecule has 0 spiro atoms. The number of carbonyl (C=O) groups excluding carboxylic acids is 1. The van der Waals surface area contributed by atoms with E-state index in [-0.39, 0.29) is 17.4 Å². The number of nitro groups is 2. The molecule has 2 rings (SSSR count). The zero-order valence-electron chi connectivity index (χ0n) is 15.5. The number of nitrogens with one attached hydrogen (secondary N) is 1. The summed E-state index contributed by atoms with van der Waals surface area (Å²) < 4.78 is 10.5. The van der Waals surface area contributed by atoms with E-state index in [1.807, 2.05) is 13.8 Å². The van der Waals surface area contributed by atoms with Crippen LogP contribution in [0.2, 0.25) is 0 Å². The highest BCUT2D eigenvalue weighted by atomic mass is 16.6. The maximum atomic E-state index is 12.5. The molecule has 0 saturated heterocycles. The van der Waals surface area contributed by atoms with Crippen molar-refractivity contribution in [3.63, 3.8) is 0 Å². The van der Waals surface area contributed by atoms with Gasteiger partial charge >= 0.3 is 11.4 Å². The molecule has 0 heterocycles. The molecular formula is C18H19N3O7. The van der Waals surface area contributed by atoms with Gasteiger partial charge in [-0.1, -0.05) is 13.0 Å². The summed E-state index contributed by atoms with van der Waals surface area (Å²) in [6, 6.07) is 8.39. The maximum absolute atomic E-state index is 12.5. The fourth-order valence-electron chi connectivity index (χ4n) is 2.38. The van der Waals surface area contributed by atoms with E-state index >= 15 is 0 Å².